The summed E-state index contributed by atoms with van der Waals surface area (Å²) in [6, 6.07) is 11.5. The van der Waals surface area contributed by atoms with E-state index in [0.29, 0.717) is 32.0 Å². The smallest absolute Gasteiger partial charge is 0.335 e. The van der Waals surface area contributed by atoms with E-state index in [9.17, 15) is 14.7 Å². The molecule has 6 nitrogen and oxygen atoms in total. The van der Waals surface area contributed by atoms with Gasteiger partial charge in [-0.1, -0.05) is 54.8 Å². The highest BCUT2D eigenvalue weighted by Crippen LogP contribution is 2.39. The molecule has 2 aromatic carbocycles. The molecule has 0 radical (unpaired) electrons. The molecule has 0 atom stereocenters. The number of anilines is 1. The van der Waals surface area contributed by atoms with Crippen LogP contribution in [0.25, 0.3) is 6.08 Å². The van der Waals surface area contributed by atoms with Crippen LogP contribution in [-0.2, 0) is 4.79 Å². The second kappa shape index (κ2) is 8.93. The number of thioether (sulfide) groups is 1. The van der Waals surface area contributed by atoms with Gasteiger partial charge >= 0.3 is 5.97 Å². The Morgan fingerprint density at radius 1 is 1.31 bits per heavy atom. The molecular formula is C21H17NO5S2. The molecule has 1 aliphatic rings. The first-order valence-corrected chi connectivity index (χ1v) is 9.70. The predicted molar refractivity (Wildman–Crippen MR) is 118 cm³/mol. The van der Waals surface area contributed by atoms with Gasteiger partial charge in [-0.2, -0.15) is 0 Å². The molecule has 2 aromatic rings. The van der Waals surface area contributed by atoms with E-state index < -0.39 is 5.97 Å². The van der Waals surface area contributed by atoms with Crippen molar-refractivity contribution in [3.8, 4) is 11.5 Å². The Labute approximate surface area is 177 Å². The van der Waals surface area contributed by atoms with Gasteiger partial charge in [0.15, 0.2) is 15.8 Å². The highest BCUT2D eigenvalue weighted by Gasteiger charge is 2.34. The van der Waals surface area contributed by atoms with Crippen molar-refractivity contribution in [3.63, 3.8) is 0 Å². The van der Waals surface area contributed by atoms with Crippen molar-refractivity contribution >= 4 is 51.9 Å². The van der Waals surface area contributed by atoms with Gasteiger partial charge in [-0.25, -0.2) is 4.79 Å². The molecule has 0 aromatic heterocycles. The SMILES string of the molecule is C=CCOc1c(/C=C2/SC(=S)N(c3cccc(C(=O)O)c3)C2=O)cccc1OC. The molecule has 1 amide bonds. The van der Waals surface area contributed by atoms with Crippen LogP contribution in [0.1, 0.15) is 15.9 Å². The molecule has 3 rings (SSSR count). The van der Waals surface area contributed by atoms with E-state index >= 15 is 0 Å². The van der Waals surface area contributed by atoms with Crippen molar-refractivity contribution in [2.24, 2.45) is 0 Å². The molecule has 1 fully saturated rings. The molecule has 0 aliphatic carbocycles. The van der Waals surface area contributed by atoms with Crippen LogP contribution >= 0.6 is 24.0 Å². The van der Waals surface area contributed by atoms with Crippen LogP contribution in [0.3, 0.4) is 0 Å². The summed E-state index contributed by atoms with van der Waals surface area (Å²) >= 11 is 6.50. The molecule has 0 spiro atoms. The third kappa shape index (κ3) is 4.33. The zero-order chi connectivity index (χ0) is 21.0. The third-order valence-electron chi connectivity index (χ3n) is 4.01. The summed E-state index contributed by atoms with van der Waals surface area (Å²) in [5, 5.41) is 9.20. The number of rotatable bonds is 7. The first kappa shape index (κ1) is 20.6. The minimum Gasteiger partial charge on any atom is -0.493 e. The Balaban J connectivity index is 1.98. The highest BCUT2D eigenvalue weighted by molar-refractivity contribution is 8.27. The Kier molecular flexibility index (Phi) is 6.36. The number of amides is 1. The van der Waals surface area contributed by atoms with Crippen molar-refractivity contribution in [1.82, 2.24) is 0 Å². The molecule has 1 aliphatic heterocycles. The van der Waals surface area contributed by atoms with Gasteiger partial charge in [0.05, 0.1) is 23.3 Å². The Bertz CT molecular complexity index is 1030. The van der Waals surface area contributed by atoms with E-state index in [0.717, 1.165) is 11.8 Å². The number of ether oxygens (including phenoxy) is 2. The van der Waals surface area contributed by atoms with E-state index in [1.807, 2.05) is 0 Å². The fourth-order valence-electron chi connectivity index (χ4n) is 2.71. The number of carbonyl (C=O) groups is 2. The number of carbonyl (C=O) groups excluding carboxylic acids is 1. The fraction of sp³-hybridized carbons (Fsp3) is 0.0952. The average Bonchev–Trinajstić information content (AvgIpc) is 2.99. The number of carboxylic acids is 1. The lowest BCUT2D eigenvalue weighted by atomic mass is 10.1. The lowest BCUT2D eigenvalue weighted by Gasteiger charge is -2.15. The average molecular weight is 428 g/mol. The van der Waals surface area contributed by atoms with Gasteiger partial charge in [0.2, 0.25) is 0 Å². The number of carboxylic acid groups (broad SMARTS) is 1. The van der Waals surface area contributed by atoms with Crippen LogP contribution in [0.15, 0.2) is 60.0 Å². The predicted octanol–water partition coefficient (Wildman–Crippen LogP) is 4.36. The van der Waals surface area contributed by atoms with E-state index in [4.69, 9.17) is 21.7 Å². The molecule has 148 valence electrons. The van der Waals surface area contributed by atoms with Crippen molar-refractivity contribution in [2.45, 2.75) is 0 Å². The summed E-state index contributed by atoms with van der Waals surface area (Å²) in [6.07, 6.45) is 3.30. The Morgan fingerprint density at radius 2 is 2.07 bits per heavy atom. The van der Waals surface area contributed by atoms with Gasteiger partial charge in [-0.3, -0.25) is 9.69 Å². The minimum absolute atomic E-state index is 0.0773. The van der Waals surface area contributed by atoms with Crippen molar-refractivity contribution in [3.05, 3.63) is 71.2 Å². The zero-order valence-corrected chi connectivity index (χ0v) is 17.1. The molecule has 1 saturated heterocycles. The van der Waals surface area contributed by atoms with Crippen LogP contribution in [0.5, 0.6) is 11.5 Å². The van der Waals surface area contributed by atoms with E-state index in [1.54, 1.807) is 42.5 Å². The number of aromatic carboxylic acids is 1. The van der Waals surface area contributed by atoms with Crippen LogP contribution in [0.2, 0.25) is 0 Å². The molecule has 0 bridgehead atoms. The van der Waals surface area contributed by atoms with Crippen molar-refractivity contribution in [2.75, 3.05) is 18.6 Å². The standard InChI is InChI=1S/C21H17NO5S2/c1-3-10-27-18-13(6-5-9-16(18)26-2)12-17-19(23)22(21(28)29-17)15-8-4-7-14(11-15)20(24)25/h3-9,11-12H,1,10H2,2H3,(H,24,25)/b17-12+. The Hall–Kier alpha value is -3.10. The maximum absolute atomic E-state index is 13.0. The molecule has 1 heterocycles. The van der Waals surface area contributed by atoms with Gasteiger partial charge in [0, 0.05) is 5.56 Å². The number of benzene rings is 2. The normalized spacial score (nSPS) is 14.9. The molecule has 0 saturated carbocycles. The summed E-state index contributed by atoms with van der Waals surface area (Å²) in [4.78, 5) is 25.9. The summed E-state index contributed by atoms with van der Waals surface area (Å²) in [5.41, 5.74) is 1.14. The summed E-state index contributed by atoms with van der Waals surface area (Å²) < 4.78 is 11.4. The number of nitrogens with zero attached hydrogens (tertiary/aromatic N) is 1. The van der Waals surface area contributed by atoms with E-state index in [1.165, 1.54) is 24.1 Å². The van der Waals surface area contributed by atoms with Gasteiger partial charge < -0.3 is 14.6 Å². The minimum atomic E-state index is -1.08. The van der Waals surface area contributed by atoms with E-state index in [2.05, 4.69) is 6.58 Å². The first-order chi connectivity index (χ1) is 14.0. The van der Waals surface area contributed by atoms with Crippen LogP contribution in [-0.4, -0.2) is 35.0 Å². The number of hydrogen-bond acceptors (Lipinski definition) is 6. The summed E-state index contributed by atoms with van der Waals surface area (Å²) in [5.74, 6) is -0.383. The van der Waals surface area contributed by atoms with Gasteiger partial charge in [0.1, 0.15) is 6.61 Å². The largest absolute Gasteiger partial charge is 0.493 e. The van der Waals surface area contributed by atoms with Crippen molar-refractivity contribution in [1.29, 1.82) is 0 Å². The fourth-order valence-corrected chi connectivity index (χ4v) is 4.00. The zero-order valence-electron chi connectivity index (χ0n) is 15.5. The van der Waals surface area contributed by atoms with E-state index in [-0.39, 0.29) is 18.1 Å². The molecule has 1 N–H and O–H groups in total. The first-order valence-electron chi connectivity index (χ1n) is 8.48. The van der Waals surface area contributed by atoms with Gasteiger partial charge in [-0.15, -0.1) is 0 Å². The lowest BCUT2D eigenvalue weighted by Crippen LogP contribution is -2.27. The summed E-state index contributed by atoms with van der Waals surface area (Å²) in [7, 11) is 1.54. The maximum atomic E-state index is 13.0. The lowest BCUT2D eigenvalue weighted by molar-refractivity contribution is -0.113. The van der Waals surface area contributed by atoms with Crippen LogP contribution < -0.4 is 14.4 Å². The molecule has 0 unspecified atom stereocenters. The second-order valence-corrected chi connectivity index (χ2v) is 7.53. The quantitative estimate of drug-likeness (QED) is 0.400. The van der Waals surface area contributed by atoms with Crippen LogP contribution in [0.4, 0.5) is 5.69 Å². The van der Waals surface area contributed by atoms with Gasteiger partial charge in [-0.05, 0) is 30.3 Å². The number of thiocarbonyl (C=S) groups is 1. The second-order valence-electron chi connectivity index (χ2n) is 5.85. The number of para-hydroxylation sites is 1. The molecule has 29 heavy (non-hydrogen) atoms. The summed E-state index contributed by atoms with van der Waals surface area (Å²) in [6.45, 7) is 3.93. The van der Waals surface area contributed by atoms with Crippen molar-refractivity contribution < 1.29 is 24.2 Å². The monoisotopic (exact) mass is 427 g/mol. The van der Waals surface area contributed by atoms with Crippen LogP contribution in [0, 0.1) is 0 Å². The number of hydrogen-bond donors (Lipinski definition) is 1. The Morgan fingerprint density at radius 3 is 2.76 bits per heavy atom. The molecular weight excluding hydrogens is 410 g/mol. The third-order valence-corrected chi connectivity index (χ3v) is 5.31. The highest BCUT2D eigenvalue weighted by atomic mass is 32.2. The number of methoxy groups -OCH3 is 1. The maximum Gasteiger partial charge on any atom is 0.335 e. The topological polar surface area (TPSA) is 76.1 Å². The molecule has 8 heteroatoms. The van der Waals surface area contributed by atoms with Gasteiger partial charge in [0.25, 0.3) is 5.91 Å².